The van der Waals surface area contributed by atoms with Crippen LogP contribution in [0.15, 0.2) is 91.0 Å². The normalized spacial score (nSPS) is 23.8. The fourth-order valence-electron chi connectivity index (χ4n) is 4.10. The number of rotatable bonds is 11. The molecule has 7 heteroatoms. The lowest BCUT2D eigenvalue weighted by Gasteiger charge is -2.44. The summed E-state index contributed by atoms with van der Waals surface area (Å²) < 4.78 is 29.9. The Hall–Kier alpha value is -3.07. The predicted molar refractivity (Wildman–Crippen MR) is 133 cm³/mol. The molecule has 0 amide bonds. The van der Waals surface area contributed by atoms with Gasteiger partial charge in [0, 0.05) is 6.92 Å². The third kappa shape index (κ3) is 7.46. The maximum Gasteiger partial charge on any atom is 0.302 e. The largest absolute Gasteiger partial charge is 0.463 e. The first-order chi connectivity index (χ1) is 17.6. The van der Waals surface area contributed by atoms with Crippen LogP contribution >= 0.6 is 0 Å². The Morgan fingerprint density at radius 2 is 1.11 bits per heavy atom. The molecule has 7 nitrogen and oxygen atoms in total. The molecule has 0 aromatic heterocycles. The second kappa shape index (κ2) is 13.3. The highest BCUT2D eigenvalue weighted by Crippen LogP contribution is 2.30. The van der Waals surface area contributed by atoms with Crippen molar-refractivity contribution in [3.8, 4) is 0 Å². The molecule has 0 spiro atoms. The molecule has 5 atom stereocenters. The maximum atomic E-state index is 11.5. The zero-order valence-corrected chi connectivity index (χ0v) is 20.3. The van der Waals surface area contributed by atoms with Crippen molar-refractivity contribution in [2.45, 2.75) is 57.5 Å². The number of aliphatic hydroxyl groups is 1. The molecule has 0 saturated carbocycles. The smallest absolute Gasteiger partial charge is 0.302 e. The van der Waals surface area contributed by atoms with Crippen LogP contribution in [-0.4, -0.2) is 48.4 Å². The van der Waals surface area contributed by atoms with E-state index >= 15 is 0 Å². The van der Waals surface area contributed by atoms with E-state index in [9.17, 15) is 9.90 Å². The highest BCUT2D eigenvalue weighted by atomic mass is 16.7. The Balaban J connectivity index is 1.57. The molecule has 3 aromatic rings. The van der Waals surface area contributed by atoms with Crippen LogP contribution in [0.1, 0.15) is 23.6 Å². The summed E-state index contributed by atoms with van der Waals surface area (Å²) in [4.78, 5) is 11.5. The van der Waals surface area contributed by atoms with Gasteiger partial charge in [0.05, 0.1) is 19.8 Å². The Morgan fingerprint density at radius 1 is 0.694 bits per heavy atom. The lowest BCUT2D eigenvalue weighted by atomic mass is 9.98. The van der Waals surface area contributed by atoms with Crippen molar-refractivity contribution >= 4 is 5.97 Å². The van der Waals surface area contributed by atoms with Gasteiger partial charge in [-0.3, -0.25) is 4.79 Å². The van der Waals surface area contributed by atoms with Gasteiger partial charge < -0.3 is 28.8 Å². The molecule has 1 fully saturated rings. The molecule has 1 N–H and O–H groups in total. The molecule has 36 heavy (non-hydrogen) atoms. The SMILES string of the molecule is CC(=O)OC[C@@H]1O[C@@H](O)[C@@H](OCc2ccccc2)[C@@H](OCc2ccccc2)[C@@H]1OCc1ccccc1. The van der Waals surface area contributed by atoms with Crippen LogP contribution in [0.5, 0.6) is 0 Å². The van der Waals surface area contributed by atoms with E-state index in [0.29, 0.717) is 0 Å². The van der Waals surface area contributed by atoms with E-state index in [1.165, 1.54) is 6.92 Å². The zero-order chi connectivity index (χ0) is 25.2. The number of hydrogen-bond acceptors (Lipinski definition) is 7. The summed E-state index contributed by atoms with van der Waals surface area (Å²) in [5.41, 5.74) is 2.90. The summed E-state index contributed by atoms with van der Waals surface area (Å²) in [6.45, 7) is 2.08. The number of hydrogen-bond donors (Lipinski definition) is 1. The Labute approximate surface area is 211 Å². The first kappa shape index (κ1) is 26.0. The number of aliphatic hydroxyl groups excluding tert-OH is 1. The molecule has 1 aliphatic rings. The van der Waals surface area contributed by atoms with Crippen molar-refractivity contribution in [2.24, 2.45) is 0 Å². The van der Waals surface area contributed by atoms with Crippen LogP contribution in [0, 0.1) is 0 Å². The average molecular weight is 493 g/mol. The average Bonchev–Trinajstić information content (AvgIpc) is 2.91. The van der Waals surface area contributed by atoms with Crippen LogP contribution in [0.25, 0.3) is 0 Å². The van der Waals surface area contributed by atoms with Crippen molar-refractivity contribution in [1.82, 2.24) is 0 Å². The second-order valence-corrected chi connectivity index (χ2v) is 8.65. The summed E-state index contributed by atoms with van der Waals surface area (Å²) in [5, 5.41) is 10.9. The minimum atomic E-state index is -1.30. The van der Waals surface area contributed by atoms with Gasteiger partial charge in [0.25, 0.3) is 0 Å². The van der Waals surface area contributed by atoms with Crippen molar-refractivity contribution < 1.29 is 33.6 Å². The van der Waals surface area contributed by atoms with E-state index in [0.717, 1.165) is 16.7 Å². The minimum absolute atomic E-state index is 0.0809. The first-order valence-corrected chi connectivity index (χ1v) is 12.0. The first-order valence-electron chi connectivity index (χ1n) is 12.0. The number of benzene rings is 3. The lowest BCUT2D eigenvalue weighted by Crippen LogP contribution is -2.61. The topological polar surface area (TPSA) is 83.5 Å². The monoisotopic (exact) mass is 492 g/mol. The highest BCUT2D eigenvalue weighted by molar-refractivity contribution is 5.65. The number of esters is 1. The molecule has 3 aromatic carbocycles. The molecule has 0 aliphatic carbocycles. The molecular weight excluding hydrogens is 460 g/mol. The third-order valence-corrected chi connectivity index (χ3v) is 5.92. The Morgan fingerprint density at radius 3 is 1.56 bits per heavy atom. The summed E-state index contributed by atoms with van der Waals surface area (Å²) in [7, 11) is 0. The van der Waals surface area contributed by atoms with Gasteiger partial charge >= 0.3 is 5.97 Å². The van der Waals surface area contributed by atoms with E-state index in [1.807, 2.05) is 91.0 Å². The molecule has 1 aliphatic heterocycles. The summed E-state index contributed by atoms with van der Waals surface area (Å²) >= 11 is 0. The van der Waals surface area contributed by atoms with Crippen LogP contribution in [-0.2, 0) is 48.3 Å². The minimum Gasteiger partial charge on any atom is -0.463 e. The molecule has 0 radical (unpaired) electrons. The van der Waals surface area contributed by atoms with Gasteiger partial charge in [-0.15, -0.1) is 0 Å². The van der Waals surface area contributed by atoms with Gasteiger partial charge in [0.2, 0.25) is 0 Å². The van der Waals surface area contributed by atoms with Crippen LogP contribution < -0.4 is 0 Å². The molecular formula is C29H32O7. The van der Waals surface area contributed by atoms with E-state index in [-0.39, 0.29) is 26.4 Å². The van der Waals surface area contributed by atoms with Crippen molar-refractivity contribution in [1.29, 1.82) is 0 Å². The zero-order valence-electron chi connectivity index (χ0n) is 20.3. The standard InChI is InChI=1S/C29H32O7/c1-21(30)32-20-25-26(33-17-22-11-5-2-6-12-22)27(34-18-23-13-7-3-8-14-23)28(29(31)36-25)35-19-24-15-9-4-10-16-24/h2-16,25-29,31H,17-20H2,1H3/t25-,26+,27-,28-,29+/m0/s1. The van der Waals surface area contributed by atoms with Crippen molar-refractivity contribution in [3.63, 3.8) is 0 Å². The summed E-state index contributed by atoms with van der Waals surface area (Å²) in [5.74, 6) is -0.445. The van der Waals surface area contributed by atoms with Gasteiger partial charge in [-0.1, -0.05) is 91.0 Å². The maximum absolute atomic E-state index is 11.5. The van der Waals surface area contributed by atoms with E-state index in [2.05, 4.69) is 0 Å². The van der Waals surface area contributed by atoms with Crippen LogP contribution in [0.3, 0.4) is 0 Å². The molecule has 4 rings (SSSR count). The molecule has 1 saturated heterocycles. The molecule has 190 valence electrons. The number of carbonyl (C=O) groups excluding carboxylic acids is 1. The molecule has 0 bridgehead atoms. The van der Waals surface area contributed by atoms with Crippen LogP contribution in [0.4, 0.5) is 0 Å². The van der Waals surface area contributed by atoms with Gasteiger partial charge in [-0.05, 0) is 16.7 Å². The van der Waals surface area contributed by atoms with Crippen LogP contribution in [0.2, 0.25) is 0 Å². The van der Waals surface area contributed by atoms with Gasteiger partial charge in [-0.25, -0.2) is 0 Å². The van der Waals surface area contributed by atoms with E-state index < -0.39 is 36.7 Å². The van der Waals surface area contributed by atoms with Gasteiger partial charge in [-0.2, -0.15) is 0 Å². The van der Waals surface area contributed by atoms with Gasteiger partial charge in [0.15, 0.2) is 6.29 Å². The fourth-order valence-corrected chi connectivity index (χ4v) is 4.10. The molecule has 1 heterocycles. The van der Waals surface area contributed by atoms with Crippen molar-refractivity contribution in [2.75, 3.05) is 6.61 Å². The van der Waals surface area contributed by atoms with Gasteiger partial charge in [0.1, 0.15) is 31.0 Å². The Kier molecular flexibility index (Phi) is 9.61. The summed E-state index contributed by atoms with van der Waals surface area (Å²) in [6.07, 6.45) is -4.24. The molecule has 0 unspecified atom stereocenters. The number of carbonyl (C=O) groups is 1. The second-order valence-electron chi connectivity index (χ2n) is 8.65. The van der Waals surface area contributed by atoms with E-state index in [1.54, 1.807) is 0 Å². The third-order valence-electron chi connectivity index (χ3n) is 5.92. The fraction of sp³-hybridized carbons (Fsp3) is 0.345. The summed E-state index contributed by atoms with van der Waals surface area (Å²) in [6, 6.07) is 29.2. The van der Waals surface area contributed by atoms with Crippen molar-refractivity contribution in [3.05, 3.63) is 108 Å². The quantitative estimate of drug-likeness (QED) is 0.405. The van der Waals surface area contributed by atoms with E-state index in [4.69, 9.17) is 23.7 Å². The number of ether oxygens (including phenoxy) is 5. The lowest BCUT2D eigenvalue weighted by molar-refractivity contribution is -0.315. The predicted octanol–water partition coefficient (Wildman–Crippen LogP) is 4.02. The highest BCUT2D eigenvalue weighted by Gasteiger charge is 2.48. The Bertz CT molecular complexity index is 1040.